The van der Waals surface area contributed by atoms with Crippen LogP contribution in [0.5, 0.6) is 0 Å². The van der Waals surface area contributed by atoms with E-state index in [1.54, 1.807) is 0 Å². The number of nitriles is 1. The van der Waals surface area contributed by atoms with Gasteiger partial charge >= 0.3 is 0 Å². The predicted octanol–water partition coefficient (Wildman–Crippen LogP) is 1.93. The molecule has 0 aromatic carbocycles. The van der Waals surface area contributed by atoms with Crippen LogP contribution >= 0.6 is 0 Å². The van der Waals surface area contributed by atoms with Gasteiger partial charge in [-0.3, -0.25) is 10.2 Å². The topological polar surface area (TPSA) is 42.3 Å². The van der Waals surface area contributed by atoms with E-state index in [0.29, 0.717) is 12.1 Å². The third-order valence-corrected chi connectivity index (χ3v) is 3.64. The van der Waals surface area contributed by atoms with Gasteiger partial charge in [0.15, 0.2) is 0 Å². The molecule has 1 N–H and O–H groups in total. The average Bonchev–Trinajstić information content (AvgIpc) is 2.28. The summed E-state index contributed by atoms with van der Waals surface area (Å²) in [6, 6.07) is 3.31. The standard InChI is InChI=1S/C15H32N4/c1-8-17-15(5,12-16)10-13(3)19(9-2)14(4)11-18(6)7/h13-14,17H,8-11H2,1-7H3. The van der Waals surface area contributed by atoms with E-state index in [9.17, 15) is 5.26 Å². The van der Waals surface area contributed by atoms with Gasteiger partial charge in [-0.05, 0) is 54.4 Å². The summed E-state index contributed by atoms with van der Waals surface area (Å²) < 4.78 is 0. The molecule has 0 aromatic heterocycles. The predicted molar refractivity (Wildman–Crippen MR) is 82.2 cm³/mol. The number of hydrogen-bond acceptors (Lipinski definition) is 4. The van der Waals surface area contributed by atoms with Crippen molar-refractivity contribution in [3.63, 3.8) is 0 Å². The number of nitrogens with zero attached hydrogens (tertiary/aromatic N) is 3. The molecule has 0 aliphatic carbocycles. The van der Waals surface area contributed by atoms with Gasteiger partial charge in [0.25, 0.3) is 0 Å². The molecule has 0 fully saturated rings. The van der Waals surface area contributed by atoms with E-state index in [1.807, 2.05) is 13.8 Å². The Morgan fingerprint density at radius 3 is 2.16 bits per heavy atom. The van der Waals surface area contributed by atoms with Gasteiger partial charge in [0.2, 0.25) is 0 Å². The van der Waals surface area contributed by atoms with E-state index in [4.69, 9.17) is 0 Å². The maximum Gasteiger partial charge on any atom is 0.105 e. The second-order valence-electron chi connectivity index (χ2n) is 5.97. The fourth-order valence-corrected chi connectivity index (χ4v) is 2.95. The molecule has 0 saturated heterocycles. The zero-order chi connectivity index (χ0) is 15.1. The van der Waals surface area contributed by atoms with Crippen molar-refractivity contribution < 1.29 is 0 Å². The second kappa shape index (κ2) is 8.52. The van der Waals surface area contributed by atoms with Crippen molar-refractivity contribution in [2.75, 3.05) is 33.7 Å². The van der Waals surface area contributed by atoms with Crippen molar-refractivity contribution in [2.45, 2.75) is 58.7 Å². The molecule has 112 valence electrons. The molecular weight excluding hydrogens is 236 g/mol. The van der Waals surface area contributed by atoms with Crippen LogP contribution < -0.4 is 5.32 Å². The zero-order valence-corrected chi connectivity index (χ0v) is 13.8. The first-order chi connectivity index (χ1) is 8.79. The first kappa shape index (κ1) is 18.4. The van der Waals surface area contributed by atoms with E-state index >= 15 is 0 Å². The van der Waals surface area contributed by atoms with Crippen molar-refractivity contribution in [3.8, 4) is 6.07 Å². The SMILES string of the molecule is CCNC(C)(C#N)CC(C)N(CC)C(C)CN(C)C. The van der Waals surface area contributed by atoms with Crippen molar-refractivity contribution >= 4 is 0 Å². The van der Waals surface area contributed by atoms with Crippen LogP contribution in [0.15, 0.2) is 0 Å². The molecule has 19 heavy (non-hydrogen) atoms. The fraction of sp³-hybridized carbons (Fsp3) is 0.933. The summed E-state index contributed by atoms with van der Waals surface area (Å²) in [5.41, 5.74) is -0.431. The Morgan fingerprint density at radius 2 is 1.79 bits per heavy atom. The highest BCUT2D eigenvalue weighted by Gasteiger charge is 2.29. The lowest BCUT2D eigenvalue weighted by atomic mass is 9.93. The average molecular weight is 268 g/mol. The summed E-state index contributed by atoms with van der Waals surface area (Å²) in [6.07, 6.45) is 0.850. The molecule has 3 unspecified atom stereocenters. The van der Waals surface area contributed by atoms with Gasteiger partial charge in [-0.2, -0.15) is 5.26 Å². The minimum Gasteiger partial charge on any atom is -0.308 e. The van der Waals surface area contributed by atoms with Crippen molar-refractivity contribution in [1.29, 1.82) is 5.26 Å². The number of hydrogen-bond donors (Lipinski definition) is 1. The third kappa shape index (κ3) is 6.38. The minimum atomic E-state index is -0.431. The summed E-state index contributed by atoms with van der Waals surface area (Å²) in [5, 5.41) is 12.7. The molecular formula is C15H32N4. The second-order valence-corrected chi connectivity index (χ2v) is 5.97. The molecule has 0 bridgehead atoms. The molecule has 0 heterocycles. The van der Waals surface area contributed by atoms with Crippen molar-refractivity contribution in [3.05, 3.63) is 0 Å². The lowest BCUT2D eigenvalue weighted by Crippen LogP contribution is -2.50. The van der Waals surface area contributed by atoms with E-state index in [2.05, 4.69) is 56.1 Å². The van der Waals surface area contributed by atoms with Gasteiger partial charge < -0.3 is 4.90 Å². The Hall–Kier alpha value is -0.630. The smallest absolute Gasteiger partial charge is 0.105 e. The maximum absolute atomic E-state index is 9.36. The Labute approximate surface area is 119 Å². The van der Waals surface area contributed by atoms with Gasteiger partial charge in [0.05, 0.1) is 6.07 Å². The largest absolute Gasteiger partial charge is 0.308 e. The van der Waals surface area contributed by atoms with Crippen molar-refractivity contribution in [1.82, 2.24) is 15.1 Å². The van der Waals surface area contributed by atoms with Crippen LogP contribution in [0.4, 0.5) is 0 Å². The van der Waals surface area contributed by atoms with Gasteiger partial charge in [-0.25, -0.2) is 0 Å². The highest BCUT2D eigenvalue weighted by atomic mass is 15.2. The van der Waals surface area contributed by atoms with Gasteiger partial charge in [-0.15, -0.1) is 0 Å². The lowest BCUT2D eigenvalue weighted by molar-refractivity contribution is 0.118. The summed E-state index contributed by atoms with van der Waals surface area (Å²) in [7, 11) is 4.21. The van der Waals surface area contributed by atoms with Crippen molar-refractivity contribution in [2.24, 2.45) is 0 Å². The Kier molecular flexibility index (Phi) is 8.24. The number of nitrogens with one attached hydrogen (secondary N) is 1. The van der Waals surface area contributed by atoms with E-state index in [-0.39, 0.29) is 0 Å². The maximum atomic E-state index is 9.36. The lowest BCUT2D eigenvalue weighted by Gasteiger charge is -2.38. The van der Waals surface area contributed by atoms with E-state index in [0.717, 1.165) is 26.1 Å². The highest BCUT2D eigenvalue weighted by Crippen LogP contribution is 2.18. The summed E-state index contributed by atoms with van der Waals surface area (Å²) in [5.74, 6) is 0. The minimum absolute atomic E-state index is 0.392. The van der Waals surface area contributed by atoms with Crippen LogP contribution in [0.1, 0.15) is 41.0 Å². The van der Waals surface area contributed by atoms with Crippen LogP contribution in [0, 0.1) is 11.3 Å². The zero-order valence-electron chi connectivity index (χ0n) is 13.8. The first-order valence-electron chi connectivity index (χ1n) is 7.36. The van der Waals surface area contributed by atoms with Gasteiger partial charge in [-0.1, -0.05) is 13.8 Å². The Balaban J connectivity index is 4.67. The Bertz CT molecular complexity index is 284. The van der Waals surface area contributed by atoms with Crippen LogP contribution in [0.3, 0.4) is 0 Å². The molecule has 0 amide bonds. The molecule has 0 radical (unpaired) electrons. The van der Waals surface area contributed by atoms with E-state index in [1.165, 1.54) is 0 Å². The third-order valence-electron chi connectivity index (χ3n) is 3.64. The molecule has 0 aromatic rings. The molecule has 0 spiro atoms. The first-order valence-corrected chi connectivity index (χ1v) is 7.36. The van der Waals surface area contributed by atoms with Gasteiger partial charge in [0.1, 0.15) is 5.54 Å². The van der Waals surface area contributed by atoms with Crippen LogP contribution in [-0.2, 0) is 0 Å². The van der Waals surface area contributed by atoms with Crippen LogP contribution in [0.25, 0.3) is 0 Å². The summed E-state index contributed by atoms with van der Waals surface area (Å²) >= 11 is 0. The normalized spacial score (nSPS) is 18.1. The number of rotatable bonds is 9. The van der Waals surface area contributed by atoms with Crippen LogP contribution in [0.2, 0.25) is 0 Å². The van der Waals surface area contributed by atoms with Gasteiger partial charge in [0, 0.05) is 18.6 Å². The molecule has 4 heteroatoms. The van der Waals surface area contributed by atoms with E-state index < -0.39 is 5.54 Å². The summed E-state index contributed by atoms with van der Waals surface area (Å²) in [4.78, 5) is 4.70. The quantitative estimate of drug-likeness (QED) is 0.694. The molecule has 3 atom stereocenters. The molecule has 0 aliphatic rings. The number of likely N-dealkylation sites (N-methyl/N-ethyl adjacent to an activating group) is 2. The molecule has 0 aliphatic heterocycles. The summed E-state index contributed by atoms with van der Waals surface area (Å²) in [6.45, 7) is 13.6. The molecule has 0 rings (SSSR count). The van der Waals surface area contributed by atoms with Crippen LogP contribution in [-0.4, -0.2) is 61.2 Å². The molecule has 0 saturated carbocycles. The fourth-order valence-electron chi connectivity index (χ4n) is 2.95. The molecule has 4 nitrogen and oxygen atoms in total. The monoisotopic (exact) mass is 268 g/mol. The Morgan fingerprint density at radius 1 is 1.21 bits per heavy atom. The highest BCUT2D eigenvalue weighted by molar-refractivity contribution is 5.05.